The first-order chi connectivity index (χ1) is 8.78. The van der Waals surface area contributed by atoms with Crippen LogP contribution in [-0.4, -0.2) is 17.0 Å². The second-order valence-corrected chi connectivity index (χ2v) is 8.00. The molecule has 3 N–H and O–H groups in total. The molecule has 1 aromatic rings. The first-order valence-corrected chi connectivity index (χ1v) is 8.84. The van der Waals surface area contributed by atoms with E-state index in [1.807, 2.05) is 6.07 Å². The predicted octanol–water partition coefficient (Wildman–Crippen LogP) is 3.84. The highest BCUT2D eigenvalue weighted by molar-refractivity contribution is 7.99. The monoisotopic (exact) mass is 304 g/mol. The van der Waals surface area contributed by atoms with Crippen LogP contribution in [-0.2, 0) is 6.42 Å². The fraction of sp³-hybridized carbons (Fsp3) is 0.692. The van der Waals surface area contributed by atoms with Gasteiger partial charge in [-0.3, -0.25) is 11.3 Å². The molecule has 1 aliphatic carbocycles. The molecule has 1 saturated carbocycles. The number of nitrogens with one attached hydrogen (secondary N) is 1. The van der Waals surface area contributed by atoms with Gasteiger partial charge < -0.3 is 0 Å². The Morgan fingerprint density at radius 3 is 2.78 bits per heavy atom. The summed E-state index contributed by atoms with van der Waals surface area (Å²) in [6.07, 6.45) is 7.97. The molecule has 0 aliphatic heterocycles. The first kappa shape index (κ1) is 14.7. The van der Waals surface area contributed by atoms with Crippen LogP contribution in [0, 0.1) is 0 Å². The van der Waals surface area contributed by atoms with Crippen molar-refractivity contribution in [2.75, 3.05) is 5.75 Å². The molecule has 1 aliphatic rings. The van der Waals surface area contributed by atoms with E-state index in [4.69, 9.17) is 17.4 Å². The number of rotatable bonds is 6. The summed E-state index contributed by atoms with van der Waals surface area (Å²) in [6.45, 7) is 0. The molecule has 102 valence electrons. The highest BCUT2D eigenvalue weighted by atomic mass is 35.5. The smallest absolute Gasteiger partial charge is 0.0931 e. The normalized spacial score (nSPS) is 19.0. The van der Waals surface area contributed by atoms with E-state index in [2.05, 4.69) is 23.3 Å². The average molecular weight is 305 g/mol. The van der Waals surface area contributed by atoms with Crippen LogP contribution in [0.2, 0.25) is 4.34 Å². The Morgan fingerprint density at radius 2 is 2.17 bits per heavy atom. The topological polar surface area (TPSA) is 38.0 Å². The molecule has 1 fully saturated rings. The summed E-state index contributed by atoms with van der Waals surface area (Å²) in [4.78, 5) is 1.31. The molecule has 5 heteroatoms. The van der Waals surface area contributed by atoms with Crippen LogP contribution >= 0.6 is 34.7 Å². The summed E-state index contributed by atoms with van der Waals surface area (Å²) in [5.74, 6) is 6.75. The lowest BCUT2D eigenvalue weighted by atomic mass is 10.0. The molecular weight excluding hydrogens is 284 g/mol. The maximum absolute atomic E-state index is 5.95. The van der Waals surface area contributed by atoms with E-state index in [9.17, 15) is 0 Å². The van der Waals surface area contributed by atoms with Crippen molar-refractivity contribution in [3.63, 3.8) is 0 Å². The lowest BCUT2D eigenvalue weighted by molar-refractivity contribution is 0.513. The third kappa shape index (κ3) is 4.74. The zero-order valence-electron chi connectivity index (χ0n) is 10.5. The fourth-order valence-corrected chi connectivity index (χ4v) is 4.91. The minimum atomic E-state index is 0.353. The molecule has 2 rings (SSSR count). The van der Waals surface area contributed by atoms with Crippen molar-refractivity contribution >= 4 is 34.7 Å². The second kappa shape index (κ2) is 7.75. The summed E-state index contributed by atoms with van der Waals surface area (Å²) >= 11 is 9.69. The summed E-state index contributed by atoms with van der Waals surface area (Å²) in [5.41, 5.74) is 2.94. The zero-order valence-corrected chi connectivity index (χ0v) is 12.9. The lowest BCUT2D eigenvalue weighted by Crippen LogP contribution is -2.39. The predicted molar refractivity (Wildman–Crippen MR) is 83.5 cm³/mol. The van der Waals surface area contributed by atoms with Gasteiger partial charge in [-0.1, -0.05) is 30.9 Å². The average Bonchev–Trinajstić information content (AvgIpc) is 2.81. The summed E-state index contributed by atoms with van der Waals surface area (Å²) in [5, 5.41) is 0.849. The molecule has 1 heterocycles. The van der Waals surface area contributed by atoms with E-state index in [0.717, 1.165) is 21.8 Å². The van der Waals surface area contributed by atoms with Gasteiger partial charge in [-0.25, -0.2) is 0 Å². The Bertz CT molecular complexity index is 351. The minimum Gasteiger partial charge on any atom is -0.271 e. The number of thioether (sulfide) groups is 1. The third-order valence-electron chi connectivity index (χ3n) is 3.40. The maximum atomic E-state index is 5.95. The molecule has 0 bridgehead atoms. The van der Waals surface area contributed by atoms with Crippen molar-refractivity contribution < 1.29 is 0 Å². The Labute approximate surface area is 123 Å². The van der Waals surface area contributed by atoms with Crippen LogP contribution in [0.25, 0.3) is 0 Å². The molecule has 2 nitrogen and oxygen atoms in total. The van der Waals surface area contributed by atoms with E-state index in [0.29, 0.717) is 6.04 Å². The van der Waals surface area contributed by atoms with Gasteiger partial charge in [-0.05, 0) is 31.4 Å². The Kier molecular flexibility index (Phi) is 6.32. The van der Waals surface area contributed by atoms with E-state index in [-0.39, 0.29) is 0 Å². The van der Waals surface area contributed by atoms with Crippen molar-refractivity contribution in [1.29, 1.82) is 0 Å². The van der Waals surface area contributed by atoms with Crippen LogP contribution in [0.1, 0.15) is 37.0 Å². The highest BCUT2D eigenvalue weighted by Crippen LogP contribution is 2.29. The summed E-state index contributed by atoms with van der Waals surface area (Å²) < 4.78 is 0.862. The number of halogens is 1. The van der Waals surface area contributed by atoms with E-state index >= 15 is 0 Å². The second-order valence-electron chi connectivity index (χ2n) is 4.87. The Balaban J connectivity index is 1.74. The van der Waals surface area contributed by atoms with Crippen molar-refractivity contribution in [1.82, 2.24) is 5.43 Å². The maximum Gasteiger partial charge on any atom is 0.0931 e. The van der Waals surface area contributed by atoms with E-state index in [1.54, 1.807) is 11.3 Å². The number of hydrogen-bond acceptors (Lipinski definition) is 4. The molecule has 0 spiro atoms. The standard InChI is InChI=1S/C13H21ClN2S2/c14-13-7-6-12(18-13)8-10(16-15)9-17-11-4-2-1-3-5-11/h6-7,10-11,16H,1-5,8-9,15H2. The fourth-order valence-electron chi connectivity index (χ4n) is 2.35. The molecule has 18 heavy (non-hydrogen) atoms. The molecule has 0 amide bonds. The van der Waals surface area contributed by atoms with Crippen LogP contribution in [0.15, 0.2) is 12.1 Å². The third-order valence-corrected chi connectivity index (χ3v) is 6.19. The minimum absolute atomic E-state index is 0.353. The van der Waals surface area contributed by atoms with Gasteiger partial charge in [0.25, 0.3) is 0 Å². The highest BCUT2D eigenvalue weighted by Gasteiger charge is 2.16. The van der Waals surface area contributed by atoms with Gasteiger partial charge in [0.2, 0.25) is 0 Å². The number of hydrogen-bond donors (Lipinski definition) is 2. The molecule has 0 saturated heterocycles. The SMILES string of the molecule is NNC(CSC1CCCCC1)Cc1ccc(Cl)s1. The largest absolute Gasteiger partial charge is 0.271 e. The van der Waals surface area contributed by atoms with Gasteiger partial charge in [0.05, 0.1) is 4.34 Å². The molecule has 1 aromatic heterocycles. The number of hydrazine groups is 1. The van der Waals surface area contributed by atoms with Crippen molar-refractivity contribution in [2.45, 2.75) is 49.8 Å². The van der Waals surface area contributed by atoms with Gasteiger partial charge in [0.15, 0.2) is 0 Å². The Morgan fingerprint density at radius 1 is 1.39 bits per heavy atom. The molecule has 0 aromatic carbocycles. The van der Waals surface area contributed by atoms with Crippen LogP contribution in [0.4, 0.5) is 0 Å². The van der Waals surface area contributed by atoms with Gasteiger partial charge in [0.1, 0.15) is 0 Å². The molecule has 1 atom stereocenters. The first-order valence-electron chi connectivity index (χ1n) is 6.60. The lowest BCUT2D eigenvalue weighted by Gasteiger charge is -2.23. The zero-order chi connectivity index (χ0) is 12.8. The van der Waals surface area contributed by atoms with Gasteiger partial charge in [0, 0.05) is 21.9 Å². The van der Waals surface area contributed by atoms with E-state index in [1.165, 1.54) is 37.0 Å². The van der Waals surface area contributed by atoms with Crippen LogP contribution in [0.5, 0.6) is 0 Å². The van der Waals surface area contributed by atoms with Crippen LogP contribution in [0.3, 0.4) is 0 Å². The summed E-state index contributed by atoms with van der Waals surface area (Å²) in [6, 6.07) is 4.41. The van der Waals surface area contributed by atoms with Crippen molar-refractivity contribution in [3.8, 4) is 0 Å². The van der Waals surface area contributed by atoms with Gasteiger partial charge >= 0.3 is 0 Å². The van der Waals surface area contributed by atoms with Crippen molar-refractivity contribution in [2.24, 2.45) is 5.84 Å². The summed E-state index contributed by atoms with van der Waals surface area (Å²) in [7, 11) is 0. The number of thiophene rings is 1. The molecule has 0 radical (unpaired) electrons. The molecule has 1 unspecified atom stereocenters. The Hall–Kier alpha value is 0.260. The molecular formula is C13H21ClN2S2. The van der Waals surface area contributed by atoms with Gasteiger partial charge in [-0.2, -0.15) is 11.8 Å². The quantitative estimate of drug-likeness (QED) is 0.619. The van der Waals surface area contributed by atoms with Crippen molar-refractivity contribution in [3.05, 3.63) is 21.3 Å². The van der Waals surface area contributed by atoms with Crippen LogP contribution < -0.4 is 11.3 Å². The van der Waals surface area contributed by atoms with E-state index < -0.39 is 0 Å². The van der Waals surface area contributed by atoms with Gasteiger partial charge in [-0.15, -0.1) is 11.3 Å². The number of nitrogens with two attached hydrogens (primary N) is 1.